The lowest BCUT2D eigenvalue weighted by Gasteiger charge is -2.26. The number of nitrogens with one attached hydrogen (secondary N) is 1. The van der Waals surface area contributed by atoms with Gasteiger partial charge in [0.25, 0.3) is 5.91 Å². The molecule has 0 aliphatic carbocycles. The highest BCUT2D eigenvalue weighted by molar-refractivity contribution is 5.97. The molecule has 1 amide bonds. The van der Waals surface area contributed by atoms with Gasteiger partial charge in [-0.1, -0.05) is 19.1 Å². The average Bonchev–Trinajstić information content (AvgIpc) is 2.62. The van der Waals surface area contributed by atoms with Crippen molar-refractivity contribution in [2.75, 3.05) is 18.5 Å². The molecular weight excluding hydrogens is 318 g/mol. The summed E-state index contributed by atoms with van der Waals surface area (Å²) in [6.45, 7) is 6.63. The lowest BCUT2D eigenvalue weighted by atomic mass is 10.1. The molecule has 0 saturated carbocycles. The van der Waals surface area contributed by atoms with Crippen LogP contribution in [-0.2, 0) is 11.2 Å². The Morgan fingerprint density at radius 2 is 1.76 bits per heavy atom. The van der Waals surface area contributed by atoms with Gasteiger partial charge in [-0.2, -0.15) is 0 Å². The molecule has 1 heterocycles. The van der Waals surface area contributed by atoms with E-state index in [4.69, 9.17) is 14.2 Å². The first-order valence-electron chi connectivity index (χ1n) is 8.47. The van der Waals surface area contributed by atoms with Crippen LogP contribution in [0, 0.1) is 0 Å². The molecule has 2 aromatic rings. The molecule has 0 unspecified atom stereocenters. The van der Waals surface area contributed by atoms with Gasteiger partial charge < -0.3 is 19.5 Å². The zero-order valence-corrected chi connectivity index (χ0v) is 14.8. The normalized spacial score (nSPS) is 13.2. The van der Waals surface area contributed by atoms with E-state index in [0.717, 1.165) is 6.42 Å². The van der Waals surface area contributed by atoms with E-state index in [2.05, 4.69) is 12.2 Å². The highest BCUT2D eigenvalue weighted by Gasteiger charge is 2.30. The van der Waals surface area contributed by atoms with Crippen molar-refractivity contribution < 1.29 is 19.0 Å². The number of rotatable bonds is 5. The van der Waals surface area contributed by atoms with Crippen molar-refractivity contribution in [3.63, 3.8) is 0 Å². The van der Waals surface area contributed by atoms with E-state index in [1.807, 2.05) is 24.3 Å². The fraction of sp³-hybridized carbons (Fsp3) is 0.350. The molecule has 0 saturated heterocycles. The van der Waals surface area contributed by atoms with Gasteiger partial charge >= 0.3 is 0 Å². The summed E-state index contributed by atoms with van der Waals surface area (Å²) in [6, 6.07) is 13.1. The topological polar surface area (TPSA) is 56.8 Å². The van der Waals surface area contributed by atoms with Gasteiger partial charge in [0.15, 0.2) is 17.1 Å². The molecule has 25 heavy (non-hydrogen) atoms. The lowest BCUT2D eigenvalue weighted by molar-refractivity contribution is -0.128. The molecule has 1 N–H and O–H groups in total. The number of carbonyl (C=O) groups is 1. The lowest BCUT2D eigenvalue weighted by Crippen LogP contribution is -2.42. The minimum atomic E-state index is -1.01. The molecule has 0 fully saturated rings. The van der Waals surface area contributed by atoms with Crippen molar-refractivity contribution in [2.24, 2.45) is 0 Å². The second kappa shape index (κ2) is 7.05. The summed E-state index contributed by atoms with van der Waals surface area (Å²) in [5.41, 5.74) is 0.860. The SMILES string of the molecule is CCc1ccc(OC(C)(C)C(=O)Nc2ccc3c(c2)OCCO3)cc1. The van der Waals surface area contributed by atoms with Gasteiger partial charge in [-0.25, -0.2) is 0 Å². The van der Waals surface area contributed by atoms with Gasteiger partial charge in [-0.05, 0) is 50.1 Å². The molecule has 5 nitrogen and oxygen atoms in total. The molecular formula is C20H23NO4. The van der Waals surface area contributed by atoms with Crippen LogP contribution in [0.25, 0.3) is 0 Å². The van der Waals surface area contributed by atoms with Gasteiger partial charge in [0.05, 0.1) is 0 Å². The largest absolute Gasteiger partial charge is 0.486 e. The summed E-state index contributed by atoms with van der Waals surface area (Å²) in [6.07, 6.45) is 0.967. The summed E-state index contributed by atoms with van der Waals surface area (Å²) < 4.78 is 16.9. The van der Waals surface area contributed by atoms with E-state index >= 15 is 0 Å². The van der Waals surface area contributed by atoms with Crippen LogP contribution in [0.1, 0.15) is 26.3 Å². The quantitative estimate of drug-likeness (QED) is 0.898. The van der Waals surface area contributed by atoms with Crippen LogP contribution in [0.2, 0.25) is 0 Å². The Bertz CT molecular complexity index is 753. The summed E-state index contributed by atoms with van der Waals surface area (Å²) in [7, 11) is 0. The van der Waals surface area contributed by atoms with Crippen LogP contribution in [-0.4, -0.2) is 24.7 Å². The molecule has 1 aliphatic heterocycles. The van der Waals surface area contributed by atoms with Crippen LogP contribution in [0.15, 0.2) is 42.5 Å². The Morgan fingerprint density at radius 1 is 1.08 bits per heavy atom. The summed E-state index contributed by atoms with van der Waals surface area (Å²) in [5, 5.41) is 2.88. The Balaban J connectivity index is 1.68. The molecule has 0 aromatic heterocycles. The number of hydrogen-bond acceptors (Lipinski definition) is 4. The Kier molecular flexibility index (Phi) is 4.83. The van der Waals surface area contributed by atoms with Crippen molar-refractivity contribution in [1.82, 2.24) is 0 Å². The number of anilines is 1. The maximum absolute atomic E-state index is 12.6. The van der Waals surface area contributed by atoms with Crippen LogP contribution in [0.5, 0.6) is 17.2 Å². The van der Waals surface area contributed by atoms with Gasteiger partial charge in [0, 0.05) is 11.8 Å². The number of carbonyl (C=O) groups excluding carboxylic acids is 1. The van der Waals surface area contributed by atoms with Gasteiger partial charge in [0.1, 0.15) is 19.0 Å². The minimum absolute atomic E-state index is 0.233. The van der Waals surface area contributed by atoms with Crippen molar-refractivity contribution in [3.8, 4) is 17.2 Å². The van der Waals surface area contributed by atoms with E-state index in [1.54, 1.807) is 32.0 Å². The number of ether oxygens (including phenoxy) is 3. The van der Waals surface area contributed by atoms with Crippen LogP contribution in [0.4, 0.5) is 5.69 Å². The number of benzene rings is 2. The maximum Gasteiger partial charge on any atom is 0.267 e. The van der Waals surface area contributed by atoms with Crippen molar-refractivity contribution >= 4 is 11.6 Å². The molecule has 0 spiro atoms. The van der Waals surface area contributed by atoms with Crippen LogP contribution >= 0.6 is 0 Å². The Hall–Kier alpha value is -2.69. The monoisotopic (exact) mass is 341 g/mol. The summed E-state index contributed by atoms with van der Waals surface area (Å²) in [5.74, 6) is 1.76. The molecule has 0 bridgehead atoms. The summed E-state index contributed by atoms with van der Waals surface area (Å²) in [4.78, 5) is 12.6. The van der Waals surface area contributed by atoms with Crippen LogP contribution < -0.4 is 19.5 Å². The third-order valence-corrected chi connectivity index (χ3v) is 4.05. The maximum atomic E-state index is 12.6. The highest BCUT2D eigenvalue weighted by Crippen LogP contribution is 2.33. The molecule has 5 heteroatoms. The molecule has 3 rings (SSSR count). The second-order valence-corrected chi connectivity index (χ2v) is 6.42. The zero-order chi connectivity index (χ0) is 17.9. The number of amides is 1. The third kappa shape index (κ3) is 4.05. The van der Waals surface area contributed by atoms with E-state index in [-0.39, 0.29) is 5.91 Å². The molecule has 2 aromatic carbocycles. The van der Waals surface area contributed by atoms with Gasteiger partial charge in [-0.15, -0.1) is 0 Å². The fourth-order valence-corrected chi connectivity index (χ4v) is 2.54. The molecule has 132 valence electrons. The van der Waals surface area contributed by atoms with E-state index < -0.39 is 5.60 Å². The first kappa shape index (κ1) is 17.1. The number of fused-ring (bicyclic) bond motifs is 1. The number of aryl methyl sites for hydroxylation is 1. The first-order valence-corrected chi connectivity index (χ1v) is 8.47. The first-order chi connectivity index (χ1) is 12.0. The summed E-state index contributed by atoms with van der Waals surface area (Å²) >= 11 is 0. The second-order valence-electron chi connectivity index (χ2n) is 6.42. The Morgan fingerprint density at radius 3 is 2.44 bits per heavy atom. The van der Waals surface area contributed by atoms with E-state index in [1.165, 1.54) is 5.56 Å². The smallest absolute Gasteiger partial charge is 0.267 e. The minimum Gasteiger partial charge on any atom is -0.486 e. The van der Waals surface area contributed by atoms with Gasteiger partial charge in [-0.3, -0.25) is 4.79 Å². The van der Waals surface area contributed by atoms with Crippen LogP contribution in [0.3, 0.4) is 0 Å². The zero-order valence-electron chi connectivity index (χ0n) is 14.8. The van der Waals surface area contributed by atoms with Crippen molar-refractivity contribution in [1.29, 1.82) is 0 Å². The Labute approximate surface area is 147 Å². The van der Waals surface area contributed by atoms with Gasteiger partial charge in [0.2, 0.25) is 0 Å². The van der Waals surface area contributed by atoms with E-state index in [9.17, 15) is 4.79 Å². The fourth-order valence-electron chi connectivity index (χ4n) is 2.54. The molecule has 0 atom stereocenters. The highest BCUT2D eigenvalue weighted by atomic mass is 16.6. The average molecular weight is 341 g/mol. The predicted molar refractivity (Wildman–Crippen MR) is 96.6 cm³/mol. The third-order valence-electron chi connectivity index (χ3n) is 4.05. The van der Waals surface area contributed by atoms with Crippen molar-refractivity contribution in [3.05, 3.63) is 48.0 Å². The predicted octanol–water partition coefficient (Wildman–Crippen LogP) is 3.82. The molecule has 0 radical (unpaired) electrons. The van der Waals surface area contributed by atoms with E-state index in [0.29, 0.717) is 36.1 Å². The standard InChI is InChI=1S/C20H23NO4/c1-4-14-5-8-16(9-6-14)25-20(2,3)19(22)21-15-7-10-17-18(13-15)24-12-11-23-17/h5-10,13H,4,11-12H2,1-3H3,(H,21,22). The number of hydrogen-bond donors (Lipinski definition) is 1. The molecule has 1 aliphatic rings. The van der Waals surface area contributed by atoms with Crippen molar-refractivity contribution in [2.45, 2.75) is 32.8 Å².